The highest BCUT2D eigenvalue weighted by atomic mass is 16.5. The standard InChI is InChI=1S/C25H20O5/c1-16-9-6-7-12-18(16)24(26)30-23-19(15-17-10-4-3-5-11-17)25(27)29-21-14-8-13-20(28-2)22(21)23/h3-14H,15H2,1-2H3. The van der Waals surface area contributed by atoms with Gasteiger partial charge in [0.2, 0.25) is 0 Å². The van der Waals surface area contributed by atoms with E-state index in [-0.39, 0.29) is 17.7 Å². The van der Waals surface area contributed by atoms with Gasteiger partial charge >= 0.3 is 11.6 Å². The van der Waals surface area contributed by atoms with Gasteiger partial charge in [-0.2, -0.15) is 0 Å². The van der Waals surface area contributed by atoms with Crippen molar-refractivity contribution in [2.75, 3.05) is 7.11 Å². The summed E-state index contributed by atoms with van der Waals surface area (Å²) < 4.78 is 16.8. The Labute approximate surface area is 173 Å². The molecule has 0 radical (unpaired) electrons. The SMILES string of the molecule is COc1cccc2oc(=O)c(Cc3ccccc3)c(OC(=O)c3ccccc3C)c12. The van der Waals surface area contributed by atoms with Crippen LogP contribution in [0.25, 0.3) is 11.0 Å². The fourth-order valence-corrected chi connectivity index (χ4v) is 3.41. The Kier molecular flexibility index (Phi) is 5.35. The van der Waals surface area contributed by atoms with Crippen molar-refractivity contribution in [3.05, 3.63) is 105 Å². The molecule has 1 heterocycles. The van der Waals surface area contributed by atoms with Crippen molar-refractivity contribution in [2.24, 2.45) is 0 Å². The van der Waals surface area contributed by atoms with Crippen molar-refractivity contribution in [1.82, 2.24) is 0 Å². The molecular formula is C25H20O5. The van der Waals surface area contributed by atoms with Crippen molar-refractivity contribution in [3.8, 4) is 11.5 Å². The summed E-state index contributed by atoms with van der Waals surface area (Å²) in [5, 5.41) is 0.451. The van der Waals surface area contributed by atoms with Gasteiger partial charge in [-0.3, -0.25) is 0 Å². The number of methoxy groups -OCH3 is 1. The van der Waals surface area contributed by atoms with Gasteiger partial charge in [-0.25, -0.2) is 9.59 Å². The van der Waals surface area contributed by atoms with E-state index in [0.29, 0.717) is 22.3 Å². The number of ether oxygens (including phenoxy) is 2. The molecule has 0 N–H and O–H groups in total. The second-order valence-electron chi connectivity index (χ2n) is 6.90. The molecular weight excluding hydrogens is 380 g/mol. The summed E-state index contributed by atoms with van der Waals surface area (Å²) in [5.41, 5.74) is 2.12. The van der Waals surface area contributed by atoms with Crippen LogP contribution in [0.15, 0.2) is 82.0 Å². The minimum Gasteiger partial charge on any atom is -0.496 e. The lowest BCUT2D eigenvalue weighted by Gasteiger charge is -2.14. The molecule has 4 rings (SSSR count). The van der Waals surface area contributed by atoms with Crippen molar-refractivity contribution in [2.45, 2.75) is 13.3 Å². The summed E-state index contributed by atoms with van der Waals surface area (Å²) in [5.74, 6) is 0.0779. The first-order chi connectivity index (χ1) is 14.6. The first-order valence-electron chi connectivity index (χ1n) is 9.53. The number of fused-ring (bicyclic) bond motifs is 1. The second kappa shape index (κ2) is 8.25. The summed E-state index contributed by atoms with van der Waals surface area (Å²) in [6.45, 7) is 1.83. The summed E-state index contributed by atoms with van der Waals surface area (Å²) in [4.78, 5) is 25.8. The number of rotatable bonds is 5. The molecule has 0 amide bonds. The van der Waals surface area contributed by atoms with E-state index in [9.17, 15) is 9.59 Å². The summed E-state index contributed by atoms with van der Waals surface area (Å²) >= 11 is 0. The molecule has 5 heteroatoms. The van der Waals surface area contributed by atoms with E-state index >= 15 is 0 Å². The van der Waals surface area contributed by atoms with Gasteiger partial charge in [-0.1, -0.05) is 54.6 Å². The van der Waals surface area contributed by atoms with Crippen LogP contribution in [0.2, 0.25) is 0 Å². The first-order valence-corrected chi connectivity index (χ1v) is 9.53. The zero-order valence-electron chi connectivity index (χ0n) is 16.7. The van der Waals surface area contributed by atoms with Gasteiger partial charge in [-0.05, 0) is 36.2 Å². The van der Waals surface area contributed by atoms with Crippen LogP contribution in [-0.4, -0.2) is 13.1 Å². The first kappa shape index (κ1) is 19.5. The number of carbonyl (C=O) groups is 1. The maximum atomic E-state index is 13.0. The predicted molar refractivity (Wildman–Crippen MR) is 114 cm³/mol. The highest BCUT2D eigenvalue weighted by molar-refractivity contribution is 5.97. The monoisotopic (exact) mass is 400 g/mol. The Morgan fingerprint density at radius 3 is 2.40 bits per heavy atom. The molecule has 0 aliphatic heterocycles. The lowest BCUT2D eigenvalue weighted by atomic mass is 10.0. The molecule has 30 heavy (non-hydrogen) atoms. The Morgan fingerprint density at radius 1 is 0.933 bits per heavy atom. The van der Waals surface area contributed by atoms with Gasteiger partial charge in [0, 0.05) is 6.42 Å². The maximum absolute atomic E-state index is 13.0. The fourth-order valence-electron chi connectivity index (χ4n) is 3.41. The van der Waals surface area contributed by atoms with Crippen LogP contribution < -0.4 is 15.1 Å². The second-order valence-corrected chi connectivity index (χ2v) is 6.90. The third kappa shape index (κ3) is 3.70. The lowest BCUT2D eigenvalue weighted by molar-refractivity contribution is 0.0734. The van der Waals surface area contributed by atoms with Crippen LogP contribution in [0.1, 0.15) is 27.0 Å². The predicted octanol–water partition coefficient (Wildman–Crippen LogP) is 4.92. The summed E-state index contributed by atoms with van der Waals surface area (Å²) in [7, 11) is 1.52. The largest absolute Gasteiger partial charge is 0.496 e. The number of hydrogen-bond donors (Lipinski definition) is 0. The van der Waals surface area contributed by atoms with Gasteiger partial charge in [0.05, 0.1) is 18.2 Å². The van der Waals surface area contributed by atoms with Crippen LogP contribution in [0, 0.1) is 6.92 Å². The topological polar surface area (TPSA) is 65.7 Å². The molecule has 3 aromatic carbocycles. The average molecular weight is 400 g/mol. The molecule has 0 saturated heterocycles. The quantitative estimate of drug-likeness (QED) is 0.351. The average Bonchev–Trinajstić information content (AvgIpc) is 2.76. The van der Waals surface area contributed by atoms with Gasteiger partial charge in [-0.15, -0.1) is 0 Å². The van der Waals surface area contributed by atoms with Crippen molar-refractivity contribution < 1.29 is 18.7 Å². The van der Waals surface area contributed by atoms with E-state index < -0.39 is 11.6 Å². The van der Waals surface area contributed by atoms with Crippen LogP contribution in [0.5, 0.6) is 11.5 Å². The van der Waals surface area contributed by atoms with E-state index in [1.807, 2.05) is 49.4 Å². The van der Waals surface area contributed by atoms with Gasteiger partial charge in [0.25, 0.3) is 0 Å². The molecule has 4 aromatic rings. The molecule has 0 atom stereocenters. The molecule has 0 unspecified atom stereocenters. The van der Waals surface area contributed by atoms with Crippen molar-refractivity contribution >= 4 is 16.9 Å². The van der Waals surface area contributed by atoms with Crippen LogP contribution in [0.4, 0.5) is 0 Å². The van der Waals surface area contributed by atoms with Gasteiger partial charge in [0.1, 0.15) is 16.7 Å². The summed E-state index contributed by atoms with van der Waals surface area (Å²) in [6.07, 6.45) is 0.257. The fraction of sp³-hybridized carbons (Fsp3) is 0.120. The smallest absolute Gasteiger partial charge is 0.343 e. The van der Waals surface area contributed by atoms with Gasteiger partial charge < -0.3 is 13.9 Å². The van der Waals surface area contributed by atoms with Crippen molar-refractivity contribution in [3.63, 3.8) is 0 Å². The number of benzene rings is 3. The highest BCUT2D eigenvalue weighted by Crippen LogP contribution is 2.36. The molecule has 0 spiro atoms. The maximum Gasteiger partial charge on any atom is 0.343 e. The Morgan fingerprint density at radius 2 is 1.67 bits per heavy atom. The minimum atomic E-state index is -0.549. The van der Waals surface area contributed by atoms with Crippen LogP contribution >= 0.6 is 0 Å². The van der Waals surface area contributed by atoms with E-state index in [0.717, 1.165) is 11.1 Å². The molecule has 150 valence electrons. The van der Waals surface area contributed by atoms with E-state index in [1.54, 1.807) is 30.3 Å². The van der Waals surface area contributed by atoms with Crippen molar-refractivity contribution in [1.29, 1.82) is 0 Å². The van der Waals surface area contributed by atoms with E-state index in [1.165, 1.54) is 7.11 Å². The number of aryl methyl sites for hydroxylation is 1. The minimum absolute atomic E-state index is 0.163. The lowest BCUT2D eigenvalue weighted by Crippen LogP contribution is -2.17. The molecule has 0 aliphatic rings. The number of hydrogen-bond acceptors (Lipinski definition) is 5. The Hall–Kier alpha value is -3.86. The van der Waals surface area contributed by atoms with E-state index in [2.05, 4.69) is 0 Å². The normalized spacial score (nSPS) is 10.7. The third-order valence-electron chi connectivity index (χ3n) is 4.94. The Bertz CT molecular complexity index is 1270. The molecule has 0 bridgehead atoms. The van der Waals surface area contributed by atoms with E-state index in [4.69, 9.17) is 13.9 Å². The molecule has 0 aliphatic carbocycles. The zero-order chi connectivity index (χ0) is 21.1. The zero-order valence-corrected chi connectivity index (χ0v) is 16.7. The molecule has 0 saturated carbocycles. The molecule has 0 fully saturated rings. The number of esters is 1. The molecule has 5 nitrogen and oxygen atoms in total. The molecule has 1 aromatic heterocycles. The Balaban J connectivity index is 1.92. The summed E-state index contributed by atoms with van der Waals surface area (Å²) in [6, 6.07) is 21.7. The third-order valence-corrected chi connectivity index (χ3v) is 4.94. The van der Waals surface area contributed by atoms with Gasteiger partial charge in [0.15, 0.2) is 5.75 Å². The highest BCUT2D eigenvalue weighted by Gasteiger charge is 2.23. The van der Waals surface area contributed by atoms with Crippen LogP contribution in [0.3, 0.4) is 0 Å². The number of carbonyl (C=O) groups excluding carboxylic acids is 1. The van der Waals surface area contributed by atoms with Crippen LogP contribution in [-0.2, 0) is 6.42 Å².